The Bertz CT molecular complexity index is 947. The molecule has 0 saturated carbocycles. The van der Waals surface area contributed by atoms with Crippen LogP contribution in [0.15, 0.2) is 42.5 Å². The number of halogens is 1. The number of benzene rings is 2. The van der Waals surface area contributed by atoms with Crippen LogP contribution in [0, 0.1) is 17.0 Å². The third kappa shape index (κ3) is 6.89. The largest absolute Gasteiger partial charge is 0.456 e. The van der Waals surface area contributed by atoms with Crippen LogP contribution in [-0.4, -0.2) is 29.3 Å². The molecule has 2 aromatic rings. The van der Waals surface area contributed by atoms with Crippen LogP contribution in [0.1, 0.15) is 18.4 Å². The molecule has 0 unspecified atom stereocenters. The molecule has 152 valence electrons. The fourth-order valence-corrected chi connectivity index (χ4v) is 2.46. The average molecular weight is 420 g/mol. The third-order valence-electron chi connectivity index (χ3n) is 3.80. The molecule has 0 aromatic heterocycles. The standard InChI is InChI=1S/C19H18ClN3O6/c1-12-15(20)6-3-7-16(12)22-18(25)11-29-19(26)9-8-17(24)21-13-4-2-5-14(10-13)23(27)28/h2-7,10H,8-9,11H2,1H3,(H,21,24)(H,22,25). The number of nitrogens with one attached hydrogen (secondary N) is 2. The van der Waals surface area contributed by atoms with Crippen LogP contribution in [-0.2, 0) is 19.1 Å². The molecule has 0 bridgehead atoms. The molecular weight excluding hydrogens is 402 g/mol. The SMILES string of the molecule is Cc1c(Cl)cccc1NC(=O)COC(=O)CCC(=O)Nc1cccc([N+](=O)[O-])c1. The van der Waals surface area contributed by atoms with Gasteiger partial charge in [0.2, 0.25) is 5.91 Å². The van der Waals surface area contributed by atoms with Gasteiger partial charge in [-0.25, -0.2) is 0 Å². The lowest BCUT2D eigenvalue weighted by molar-refractivity contribution is -0.384. The monoisotopic (exact) mass is 419 g/mol. The molecule has 0 fully saturated rings. The topological polar surface area (TPSA) is 128 Å². The normalized spacial score (nSPS) is 10.1. The number of nitro groups is 1. The average Bonchev–Trinajstić information content (AvgIpc) is 2.68. The molecule has 0 aliphatic carbocycles. The van der Waals surface area contributed by atoms with E-state index >= 15 is 0 Å². The van der Waals surface area contributed by atoms with Gasteiger partial charge in [0, 0.05) is 35.0 Å². The second-order valence-corrected chi connectivity index (χ2v) is 6.38. The molecule has 9 nitrogen and oxygen atoms in total. The van der Waals surface area contributed by atoms with Gasteiger partial charge in [0.25, 0.3) is 11.6 Å². The van der Waals surface area contributed by atoms with Crippen LogP contribution in [0.4, 0.5) is 17.1 Å². The number of nitro benzene ring substituents is 1. The molecule has 10 heteroatoms. The molecule has 2 N–H and O–H groups in total. The van der Waals surface area contributed by atoms with Gasteiger partial charge in [0.15, 0.2) is 6.61 Å². The lowest BCUT2D eigenvalue weighted by Crippen LogP contribution is -2.22. The van der Waals surface area contributed by atoms with E-state index in [1.165, 1.54) is 24.3 Å². The lowest BCUT2D eigenvalue weighted by Gasteiger charge is -2.10. The number of amides is 2. The molecule has 0 spiro atoms. The Morgan fingerprint density at radius 1 is 1.07 bits per heavy atom. The first-order chi connectivity index (χ1) is 13.8. The zero-order valence-electron chi connectivity index (χ0n) is 15.4. The number of nitrogens with zero attached hydrogens (tertiary/aromatic N) is 1. The number of non-ortho nitro benzene ring substituents is 1. The summed E-state index contributed by atoms with van der Waals surface area (Å²) in [6.07, 6.45) is -0.444. The Hall–Kier alpha value is -3.46. The quantitative estimate of drug-likeness (QED) is 0.383. The minimum absolute atomic E-state index is 0.164. The van der Waals surface area contributed by atoms with Gasteiger partial charge < -0.3 is 15.4 Å². The summed E-state index contributed by atoms with van der Waals surface area (Å²) in [4.78, 5) is 45.6. The number of carbonyl (C=O) groups excluding carboxylic acids is 3. The van der Waals surface area contributed by atoms with Gasteiger partial charge >= 0.3 is 5.97 Å². The van der Waals surface area contributed by atoms with Crippen molar-refractivity contribution in [3.05, 3.63) is 63.2 Å². The van der Waals surface area contributed by atoms with Crippen LogP contribution in [0.25, 0.3) is 0 Å². The molecule has 0 saturated heterocycles. The molecule has 0 aliphatic heterocycles. The number of carbonyl (C=O) groups is 3. The smallest absolute Gasteiger partial charge is 0.306 e. The van der Waals surface area contributed by atoms with Crippen LogP contribution in [0.5, 0.6) is 0 Å². The Morgan fingerprint density at radius 2 is 1.79 bits per heavy atom. The predicted octanol–water partition coefficient (Wildman–Crippen LogP) is 3.46. The van der Waals surface area contributed by atoms with E-state index in [4.69, 9.17) is 16.3 Å². The van der Waals surface area contributed by atoms with Gasteiger partial charge in [0.1, 0.15) is 0 Å². The van der Waals surface area contributed by atoms with Gasteiger partial charge in [-0.05, 0) is 30.7 Å². The van der Waals surface area contributed by atoms with E-state index in [0.29, 0.717) is 16.3 Å². The number of esters is 1. The Labute approximate surface area is 171 Å². The van der Waals surface area contributed by atoms with Crippen molar-refractivity contribution in [1.82, 2.24) is 0 Å². The molecule has 2 amide bonds. The van der Waals surface area contributed by atoms with Crippen molar-refractivity contribution in [3.8, 4) is 0 Å². The van der Waals surface area contributed by atoms with E-state index in [-0.39, 0.29) is 24.2 Å². The second-order valence-electron chi connectivity index (χ2n) is 5.98. The van der Waals surface area contributed by atoms with Crippen LogP contribution >= 0.6 is 11.6 Å². The first-order valence-corrected chi connectivity index (χ1v) is 8.89. The highest BCUT2D eigenvalue weighted by Crippen LogP contribution is 2.22. The van der Waals surface area contributed by atoms with Gasteiger partial charge in [-0.1, -0.05) is 23.7 Å². The molecule has 2 rings (SSSR count). The summed E-state index contributed by atoms with van der Waals surface area (Å²) in [7, 11) is 0. The predicted molar refractivity (Wildman–Crippen MR) is 107 cm³/mol. The molecule has 2 aromatic carbocycles. The van der Waals surface area contributed by atoms with Crippen molar-refractivity contribution in [3.63, 3.8) is 0 Å². The van der Waals surface area contributed by atoms with Gasteiger partial charge in [-0.15, -0.1) is 0 Å². The summed E-state index contributed by atoms with van der Waals surface area (Å²) in [6.45, 7) is 1.24. The van der Waals surface area contributed by atoms with Crippen molar-refractivity contribution >= 4 is 46.4 Å². The maximum absolute atomic E-state index is 11.9. The number of anilines is 2. The van der Waals surface area contributed by atoms with E-state index in [2.05, 4.69) is 10.6 Å². The molecule has 0 heterocycles. The minimum atomic E-state index is -0.725. The number of hydrogen-bond donors (Lipinski definition) is 2. The van der Waals surface area contributed by atoms with Crippen LogP contribution in [0.2, 0.25) is 5.02 Å². The maximum atomic E-state index is 11.9. The lowest BCUT2D eigenvalue weighted by atomic mass is 10.2. The van der Waals surface area contributed by atoms with Crippen LogP contribution in [0.3, 0.4) is 0 Å². The van der Waals surface area contributed by atoms with Gasteiger partial charge in [-0.2, -0.15) is 0 Å². The summed E-state index contributed by atoms with van der Waals surface area (Å²) in [5.74, 6) is -1.77. The summed E-state index contributed by atoms with van der Waals surface area (Å²) >= 11 is 5.97. The van der Waals surface area contributed by atoms with E-state index in [1.54, 1.807) is 25.1 Å². The number of ether oxygens (including phenoxy) is 1. The van der Waals surface area contributed by atoms with Gasteiger partial charge in [0.05, 0.1) is 11.3 Å². The van der Waals surface area contributed by atoms with Crippen molar-refractivity contribution in [2.75, 3.05) is 17.2 Å². The zero-order valence-corrected chi connectivity index (χ0v) is 16.2. The summed E-state index contributed by atoms with van der Waals surface area (Å²) in [5, 5.41) is 16.3. The van der Waals surface area contributed by atoms with Crippen molar-refractivity contribution in [1.29, 1.82) is 0 Å². The number of rotatable bonds is 8. The van der Waals surface area contributed by atoms with Crippen molar-refractivity contribution < 1.29 is 24.0 Å². The fraction of sp³-hybridized carbons (Fsp3) is 0.211. The Kier molecular flexibility index (Phi) is 7.67. The van der Waals surface area contributed by atoms with Crippen LogP contribution < -0.4 is 10.6 Å². The van der Waals surface area contributed by atoms with E-state index in [0.717, 1.165) is 0 Å². The Morgan fingerprint density at radius 3 is 2.52 bits per heavy atom. The van der Waals surface area contributed by atoms with E-state index < -0.39 is 29.3 Å². The van der Waals surface area contributed by atoms with E-state index in [9.17, 15) is 24.5 Å². The summed E-state index contributed by atoms with van der Waals surface area (Å²) < 4.78 is 4.84. The van der Waals surface area contributed by atoms with Gasteiger partial charge in [-0.3, -0.25) is 24.5 Å². The maximum Gasteiger partial charge on any atom is 0.306 e. The fourth-order valence-electron chi connectivity index (χ4n) is 2.28. The molecule has 29 heavy (non-hydrogen) atoms. The van der Waals surface area contributed by atoms with E-state index in [1.807, 2.05) is 0 Å². The highest BCUT2D eigenvalue weighted by atomic mass is 35.5. The highest BCUT2D eigenvalue weighted by Gasteiger charge is 2.13. The summed E-state index contributed by atoms with van der Waals surface area (Å²) in [5.41, 5.74) is 1.28. The van der Waals surface area contributed by atoms with Crippen molar-refractivity contribution in [2.24, 2.45) is 0 Å². The zero-order chi connectivity index (χ0) is 21.4. The third-order valence-corrected chi connectivity index (χ3v) is 4.21. The Balaban J connectivity index is 1.74. The number of hydrogen-bond acceptors (Lipinski definition) is 6. The molecule has 0 radical (unpaired) electrons. The van der Waals surface area contributed by atoms with Crippen molar-refractivity contribution in [2.45, 2.75) is 19.8 Å². The first kappa shape index (κ1) is 21.8. The molecule has 0 atom stereocenters. The summed E-state index contributed by atoms with van der Waals surface area (Å²) in [6, 6.07) is 10.5. The molecule has 0 aliphatic rings. The highest BCUT2D eigenvalue weighted by molar-refractivity contribution is 6.31. The second kappa shape index (κ2) is 10.2. The molecular formula is C19H18ClN3O6. The first-order valence-electron chi connectivity index (χ1n) is 8.51. The minimum Gasteiger partial charge on any atom is -0.456 e.